The molecule has 1 amide bonds. The summed E-state index contributed by atoms with van der Waals surface area (Å²) in [7, 11) is 0. The fourth-order valence-corrected chi connectivity index (χ4v) is 2.89. The Morgan fingerprint density at radius 3 is 2.88 bits per heavy atom. The second-order valence-electron chi connectivity index (χ2n) is 5.30. The molecule has 1 aromatic carbocycles. The van der Waals surface area contributed by atoms with Gasteiger partial charge in [0.2, 0.25) is 11.1 Å². The molecule has 0 radical (unpaired) electrons. The molecule has 130 valence electrons. The number of carbonyl (C=O) groups is 1. The molecule has 0 aliphatic carbocycles. The van der Waals surface area contributed by atoms with Crippen LogP contribution in [0.5, 0.6) is 0 Å². The van der Waals surface area contributed by atoms with Crippen LogP contribution in [0.15, 0.2) is 52.2 Å². The van der Waals surface area contributed by atoms with Crippen LogP contribution in [0.2, 0.25) is 0 Å². The maximum absolute atomic E-state index is 12.9. The molecule has 0 saturated carbocycles. The first-order chi connectivity index (χ1) is 12.1. The van der Waals surface area contributed by atoms with Crippen LogP contribution in [0.3, 0.4) is 0 Å². The van der Waals surface area contributed by atoms with Gasteiger partial charge in [-0.15, -0.1) is 5.10 Å². The predicted octanol–water partition coefficient (Wildman–Crippen LogP) is 2.25. The Bertz CT molecular complexity index is 819. The third-order valence-corrected chi connectivity index (χ3v) is 4.49. The van der Waals surface area contributed by atoms with E-state index in [4.69, 9.17) is 4.42 Å². The summed E-state index contributed by atoms with van der Waals surface area (Å²) in [6, 6.07) is 9.62. The number of benzene rings is 1. The Morgan fingerprint density at radius 2 is 2.16 bits per heavy atom. The lowest BCUT2D eigenvalue weighted by atomic mass is 10.2. The second kappa shape index (κ2) is 7.93. The van der Waals surface area contributed by atoms with Crippen LogP contribution >= 0.6 is 11.8 Å². The van der Waals surface area contributed by atoms with Gasteiger partial charge in [0.15, 0.2) is 0 Å². The fraction of sp³-hybridized carbons (Fsp3) is 0.250. The smallest absolute Gasteiger partial charge is 0.233 e. The molecule has 2 heterocycles. The number of hydrogen-bond acceptors (Lipinski definition) is 6. The zero-order chi connectivity index (χ0) is 17.6. The molecular formula is C16H16FN5O2S. The molecular weight excluding hydrogens is 345 g/mol. The lowest BCUT2D eigenvalue weighted by Crippen LogP contribution is -2.30. The van der Waals surface area contributed by atoms with Crippen molar-refractivity contribution in [3.05, 3.63) is 59.8 Å². The normalized spacial score (nSPS) is 12.1. The van der Waals surface area contributed by atoms with Gasteiger partial charge in [-0.1, -0.05) is 23.9 Å². The summed E-state index contributed by atoms with van der Waals surface area (Å²) >= 11 is 1.26. The molecule has 0 aliphatic rings. The van der Waals surface area contributed by atoms with Gasteiger partial charge in [-0.05, 0) is 47.2 Å². The van der Waals surface area contributed by atoms with E-state index in [1.807, 2.05) is 6.07 Å². The summed E-state index contributed by atoms with van der Waals surface area (Å²) in [4.78, 5) is 12.2. The topological polar surface area (TPSA) is 85.8 Å². The van der Waals surface area contributed by atoms with Gasteiger partial charge in [-0.25, -0.2) is 9.07 Å². The van der Waals surface area contributed by atoms with Gasteiger partial charge in [-0.2, -0.15) is 0 Å². The van der Waals surface area contributed by atoms with Gasteiger partial charge in [0.25, 0.3) is 0 Å². The number of rotatable bonds is 7. The van der Waals surface area contributed by atoms with E-state index in [0.717, 1.165) is 11.3 Å². The molecule has 0 saturated heterocycles. The molecule has 1 N–H and O–H groups in total. The first-order valence-corrected chi connectivity index (χ1v) is 8.47. The minimum atomic E-state index is -0.387. The summed E-state index contributed by atoms with van der Waals surface area (Å²) in [5.74, 6) is 0.270. The minimum Gasteiger partial charge on any atom is -0.467 e. The summed E-state index contributed by atoms with van der Waals surface area (Å²) in [5, 5.41) is 14.5. The average molecular weight is 361 g/mol. The highest BCUT2D eigenvalue weighted by Gasteiger charge is 2.18. The van der Waals surface area contributed by atoms with Crippen LogP contribution in [0.25, 0.3) is 0 Å². The van der Waals surface area contributed by atoms with Crippen molar-refractivity contribution in [2.75, 3.05) is 0 Å². The monoisotopic (exact) mass is 361 g/mol. The third-order valence-electron chi connectivity index (χ3n) is 3.42. The maximum atomic E-state index is 12.9. The number of tetrazole rings is 1. The van der Waals surface area contributed by atoms with Crippen molar-refractivity contribution in [1.82, 2.24) is 25.5 Å². The molecule has 0 spiro atoms. The van der Waals surface area contributed by atoms with Crippen molar-refractivity contribution < 1.29 is 13.6 Å². The minimum absolute atomic E-state index is 0.151. The number of nitrogens with zero attached hydrogens (tertiary/aromatic N) is 4. The van der Waals surface area contributed by atoms with Crippen molar-refractivity contribution in [2.24, 2.45) is 0 Å². The standard InChI is InChI=1S/C16H16FN5O2S/c1-11(15(23)18-9-12-4-6-13(17)7-5-12)25-16-19-20-21-22(16)10-14-3-2-8-24-14/h2-8,11H,9-10H2,1H3,(H,18,23). The second-order valence-corrected chi connectivity index (χ2v) is 6.61. The van der Waals surface area contributed by atoms with Crippen molar-refractivity contribution in [1.29, 1.82) is 0 Å². The molecule has 7 nitrogen and oxygen atoms in total. The first kappa shape index (κ1) is 17.2. The van der Waals surface area contributed by atoms with Crippen molar-refractivity contribution in [3.63, 3.8) is 0 Å². The van der Waals surface area contributed by atoms with Crippen LogP contribution < -0.4 is 5.32 Å². The Balaban J connectivity index is 1.54. The molecule has 9 heteroatoms. The van der Waals surface area contributed by atoms with E-state index in [9.17, 15) is 9.18 Å². The molecule has 0 fully saturated rings. The predicted molar refractivity (Wildman–Crippen MR) is 89.2 cm³/mol. The summed E-state index contributed by atoms with van der Waals surface area (Å²) in [5.41, 5.74) is 0.828. The van der Waals surface area contributed by atoms with Gasteiger partial charge in [0.1, 0.15) is 18.1 Å². The van der Waals surface area contributed by atoms with Crippen molar-refractivity contribution >= 4 is 17.7 Å². The lowest BCUT2D eigenvalue weighted by Gasteiger charge is -2.11. The SMILES string of the molecule is CC(Sc1nnnn1Cc1ccco1)C(=O)NCc1ccc(F)cc1. The number of thioether (sulfide) groups is 1. The Hall–Kier alpha value is -2.68. The molecule has 2 aromatic heterocycles. The molecule has 25 heavy (non-hydrogen) atoms. The van der Waals surface area contributed by atoms with Crippen LogP contribution in [-0.2, 0) is 17.9 Å². The molecule has 3 aromatic rings. The van der Waals surface area contributed by atoms with Crippen LogP contribution in [0, 0.1) is 5.82 Å². The number of carbonyl (C=O) groups excluding carboxylic acids is 1. The first-order valence-electron chi connectivity index (χ1n) is 7.59. The number of aromatic nitrogens is 4. The van der Waals surface area contributed by atoms with E-state index < -0.39 is 0 Å². The fourth-order valence-electron chi connectivity index (χ4n) is 2.08. The van der Waals surface area contributed by atoms with Crippen LogP contribution in [0.4, 0.5) is 4.39 Å². The van der Waals surface area contributed by atoms with E-state index >= 15 is 0 Å². The Morgan fingerprint density at radius 1 is 1.36 bits per heavy atom. The Kier molecular flexibility index (Phi) is 5.44. The summed E-state index contributed by atoms with van der Waals surface area (Å²) in [6.45, 7) is 2.50. The molecule has 3 rings (SSSR count). The van der Waals surface area contributed by atoms with Gasteiger partial charge in [-0.3, -0.25) is 4.79 Å². The van der Waals surface area contributed by atoms with Crippen molar-refractivity contribution in [2.45, 2.75) is 30.4 Å². The summed E-state index contributed by atoms with van der Waals surface area (Å²) < 4.78 is 19.7. The quantitative estimate of drug-likeness (QED) is 0.650. The van der Waals surface area contributed by atoms with Gasteiger partial charge >= 0.3 is 0 Å². The highest BCUT2D eigenvalue weighted by Crippen LogP contribution is 2.21. The van der Waals surface area contributed by atoms with E-state index in [0.29, 0.717) is 18.2 Å². The third kappa shape index (κ3) is 4.66. The van der Waals surface area contributed by atoms with Gasteiger partial charge < -0.3 is 9.73 Å². The zero-order valence-electron chi connectivity index (χ0n) is 13.4. The highest BCUT2D eigenvalue weighted by atomic mass is 32.2. The summed E-state index contributed by atoms with van der Waals surface area (Å²) in [6.07, 6.45) is 1.58. The average Bonchev–Trinajstić information content (AvgIpc) is 3.27. The maximum Gasteiger partial charge on any atom is 0.233 e. The number of hydrogen-bond donors (Lipinski definition) is 1. The number of amides is 1. The van der Waals surface area contributed by atoms with E-state index in [2.05, 4.69) is 20.8 Å². The number of halogens is 1. The van der Waals surface area contributed by atoms with Crippen LogP contribution in [-0.4, -0.2) is 31.4 Å². The Labute approximate surface area is 147 Å². The van der Waals surface area contributed by atoms with E-state index in [1.54, 1.807) is 36.1 Å². The van der Waals surface area contributed by atoms with E-state index in [1.165, 1.54) is 23.9 Å². The molecule has 1 atom stereocenters. The highest BCUT2D eigenvalue weighted by molar-refractivity contribution is 8.00. The van der Waals surface area contributed by atoms with Crippen molar-refractivity contribution in [3.8, 4) is 0 Å². The molecule has 0 bridgehead atoms. The molecule has 1 unspecified atom stereocenters. The largest absolute Gasteiger partial charge is 0.467 e. The van der Waals surface area contributed by atoms with Gasteiger partial charge in [0, 0.05) is 6.54 Å². The zero-order valence-corrected chi connectivity index (χ0v) is 14.2. The van der Waals surface area contributed by atoms with E-state index in [-0.39, 0.29) is 17.0 Å². The number of furan rings is 1. The van der Waals surface area contributed by atoms with Gasteiger partial charge in [0.05, 0.1) is 11.5 Å². The van der Waals surface area contributed by atoms with Crippen LogP contribution in [0.1, 0.15) is 18.2 Å². The number of nitrogens with one attached hydrogen (secondary N) is 1. The molecule has 0 aliphatic heterocycles. The lowest BCUT2D eigenvalue weighted by molar-refractivity contribution is -0.120.